The molecule has 1 aromatic heterocycles. The summed E-state index contributed by atoms with van der Waals surface area (Å²) in [5.74, 6) is -1.39. The van der Waals surface area contributed by atoms with Gasteiger partial charge in [0.25, 0.3) is 5.91 Å². The highest BCUT2D eigenvalue weighted by atomic mass is 35.5. The van der Waals surface area contributed by atoms with Crippen molar-refractivity contribution < 1.29 is 9.18 Å². The summed E-state index contributed by atoms with van der Waals surface area (Å²) in [4.78, 5) is 24.7. The van der Waals surface area contributed by atoms with Crippen LogP contribution < -0.4 is 10.7 Å². The van der Waals surface area contributed by atoms with E-state index in [9.17, 15) is 14.0 Å². The molecule has 5 nitrogen and oxygen atoms in total. The van der Waals surface area contributed by atoms with Crippen molar-refractivity contribution in [2.24, 2.45) is 0 Å². The van der Waals surface area contributed by atoms with Crippen LogP contribution in [0.15, 0.2) is 53.3 Å². The summed E-state index contributed by atoms with van der Waals surface area (Å²) in [6.07, 6.45) is 0. The molecule has 0 aliphatic heterocycles. The first-order chi connectivity index (χ1) is 12.4. The molecule has 2 aromatic carbocycles. The Balaban J connectivity index is 2.04. The lowest BCUT2D eigenvalue weighted by molar-refractivity contribution is 0.101. The third-order valence-corrected chi connectivity index (χ3v) is 4.09. The number of halogens is 2. The van der Waals surface area contributed by atoms with Gasteiger partial charge in [0, 0.05) is 11.8 Å². The predicted molar refractivity (Wildman–Crippen MR) is 98.7 cm³/mol. The molecule has 1 heterocycles. The molecule has 0 aliphatic rings. The monoisotopic (exact) mass is 371 g/mol. The van der Waals surface area contributed by atoms with Crippen molar-refractivity contribution in [2.75, 3.05) is 5.32 Å². The summed E-state index contributed by atoms with van der Waals surface area (Å²) in [5, 5.41) is 6.95. The van der Waals surface area contributed by atoms with E-state index in [0.717, 1.165) is 5.56 Å². The number of para-hydroxylation sites is 1. The van der Waals surface area contributed by atoms with Gasteiger partial charge in [0.05, 0.1) is 16.4 Å². The number of hydrogen-bond donors (Lipinski definition) is 1. The molecule has 0 radical (unpaired) electrons. The Hall–Kier alpha value is -2.99. The highest BCUT2D eigenvalue weighted by Crippen LogP contribution is 2.20. The maximum Gasteiger partial charge on any atom is 0.280 e. The zero-order valence-corrected chi connectivity index (χ0v) is 14.8. The quantitative estimate of drug-likeness (QED) is 0.759. The highest BCUT2D eigenvalue weighted by molar-refractivity contribution is 6.32. The van der Waals surface area contributed by atoms with E-state index in [2.05, 4.69) is 10.4 Å². The smallest absolute Gasteiger partial charge is 0.280 e. The van der Waals surface area contributed by atoms with E-state index >= 15 is 0 Å². The van der Waals surface area contributed by atoms with Gasteiger partial charge in [0.2, 0.25) is 5.43 Å². The second-order valence-electron chi connectivity index (χ2n) is 5.80. The normalized spacial score (nSPS) is 10.6. The second kappa shape index (κ2) is 7.09. The molecule has 0 bridgehead atoms. The number of carbonyl (C=O) groups excluding carboxylic acids is 1. The molecule has 3 aromatic rings. The summed E-state index contributed by atoms with van der Waals surface area (Å²) >= 11 is 6.18. The molecular weight excluding hydrogens is 357 g/mol. The average molecular weight is 372 g/mol. The van der Waals surface area contributed by atoms with Crippen LogP contribution in [0.1, 0.15) is 21.7 Å². The van der Waals surface area contributed by atoms with Gasteiger partial charge >= 0.3 is 0 Å². The Bertz CT molecular complexity index is 1060. The topological polar surface area (TPSA) is 64.0 Å². The number of nitrogens with zero attached hydrogens (tertiary/aromatic N) is 2. The number of hydrogen-bond acceptors (Lipinski definition) is 3. The number of amides is 1. The largest absolute Gasteiger partial charge is 0.318 e. The van der Waals surface area contributed by atoms with E-state index in [4.69, 9.17) is 11.6 Å². The van der Waals surface area contributed by atoms with Gasteiger partial charge in [-0.3, -0.25) is 9.59 Å². The fraction of sp³-hybridized carbons (Fsp3) is 0.105. The minimum atomic E-state index is -0.791. The number of benzene rings is 2. The number of rotatable bonds is 3. The molecule has 0 atom stereocenters. The number of anilines is 1. The van der Waals surface area contributed by atoms with Gasteiger partial charge < -0.3 is 5.32 Å². The lowest BCUT2D eigenvalue weighted by Gasteiger charge is -2.13. The molecule has 1 amide bonds. The zero-order chi connectivity index (χ0) is 18.8. The van der Waals surface area contributed by atoms with Crippen LogP contribution in [0, 0.1) is 19.7 Å². The van der Waals surface area contributed by atoms with Gasteiger partial charge in [-0.15, -0.1) is 0 Å². The van der Waals surface area contributed by atoms with Crippen LogP contribution in [0.4, 0.5) is 10.1 Å². The average Bonchev–Trinajstić information content (AvgIpc) is 2.59. The Morgan fingerprint density at radius 2 is 1.88 bits per heavy atom. The first-order valence-corrected chi connectivity index (χ1v) is 8.18. The molecule has 0 saturated heterocycles. The van der Waals surface area contributed by atoms with Crippen LogP contribution in [0.3, 0.4) is 0 Å². The Labute approximate surface area is 154 Å². The van der Waals surface area contributed by atoms with E-state index in [1.165, 1.54) is 22.9 Å². The summed E-state index contributed by atoms with van der Waals surface area (Å²) in [5.41, 5.74) is 0.893. The van der Waals surface area contributed by atoms with Crippen molar-refractivity contribution in [3.05, 3.63) is 86.5 Å². The number of carbonyl (C=O) groups is 1. The number of aryl methyl sites for hydroxylation is 2. The molecule has 26 heavy (non-hydrogen) atoms. The van der Waals surface area contributed by atoms with E-state index in [1.54, 1.807) is 44.2 Å². The Morgan fingerprint density at radius 3 is 2.62 bits per heavy atom. The van der Waals surface area contributed by atoms with Gasteiger partial charge in [0.15, 0.2) is 5.69 Å². The molecular formula is C19H15ClFN3O2. The van der Waals surface area contributed by atoms with Gasteiger partial charge in [-0.1, -0.05) is 29.8 Å². The van der Waals surface area contributed by atoms with Crippen molar-refractivity contribution in [1.29, 1.82) is 0 Å². The summed E-state index contributed by atoms with van der Waals surface area (Å²) in [6, 6.07) is 12.5. The minimum Gasteiger partial charge on any atom is -0.318 e. The standard InChI is InChI=1S/C19H15ClFN3O2/c1-11-7-8-14(21)15(9-11)22-19(26)18-17(25)10-12(2)24(23-18)16-6-4-3-5-13(16)20/h3-10H,1-2H3,(H,22,26). The molecule has 1 N–H and O–H groups in total. The fourth-order valence-electron chi connectivity index (χ4n) is 2.49. The SMILES string of the molecule is Cc1ccc(F)c(NC(=O)c2nn(-c3ccccc3Cl)c(C)cc2=O)c1. The molecule has 0 fully saturated rings. The first kappa shape index (κ1) is 17.8. The van der Waals surface area contributed by atoms with Crippen LogP contribution in [0.25, 0.3) is 5.69 Å². The van der Waals surface area contributed by atoms with Gasteiger partial charge in [-0.05, 0) is 43.7 Å². The second-order valence-corrected chi connectivity index (χ2v) is 6.21. The number of aromatic nitrogens is 2. The molecule has 0 spiro atoms. The van der Waals surface area contributed by atoms with Crippen molar-refractivity contribution in [1.82, 2.24) is 9.78 Å². The van der Waals surface area contributed by atoms with Crippen LogP contribution in [0.2, 0.25) is 5.02 Å². The van der Waals surface area contributed by atoms with Gasteiger partial charge in [-0.25, -0.2) is 9.07 Å². The molecule has 7 heteroatoms. The lowest BCUT2D eigenvalue weighted by Crippen LogP contribution is -2.27. The predicted octanol–water partition coefficient (Wildman–Crippen LogP) is 3.89. The Morgan fingerprint density at radius 1 is 1.15 bits per heavy atom. The minimum absolute atomic E-state index is 0.0129. The molecule has 0 unspecified atom stereocenters. The van der Waals surface area contributed by atoms with Crippen molar-refractivity contribution >= 4 is 23.2 Å². The van der Waals surface area contributed by atoms with Gasteiger partial charge in [-0.2, -0.15) is 5.10 Å². The van der Waals surface area contributed by atoms with Crippen molar-refractivity contribution in [2.45, 2.75) is 13.8 Å². The third-order valence-electron chi connectivity index (χ3n) is 3.77. The number of nitrogens with one attached hydrogen (secondary N) is 1. The molecule has 0 aliphatic carbocycles. The van der Waals surface area contributed by atoms with Crippen LogP contribution >= 0.6 is 11.6 Å². The first-order valence-electron chi connectivity index (χ1n) is 7.80. The molecule has 3 rings (SSSR count). The highest BCUT2D eigenvalue weighted by Gasteiger charge is 2.17. The lowest BCUT2D eigenvalue weighted by atomic mass is 10.2. The third kappa shape index (κ3) is 3.50. The Kier molecular flexibility index (Phi) is 4.86. The van der Waals surface area contributed by atoms with Crippen molar-refractivity contribution in [3.63, 3.8) is 0 Å². The van der Waals surface area contributed by atoms with Gasteiger partial charge in [0.1, 0.15) is 5.82 Å². The van der Waals surface area contributed by atoms with E-state index < -0.39 is 17.2 Å². The summed E-state index contributed by atoms with van der Waals surface area (Å²) < 4.78 is 15.3. The van der Waals surface area contributed by atoms with E-state index in [-0.39, 0.29) is 11.4 Å². The van der Waals surface area contributed by atoms with Crippen LogP contribution in [-0.4, -0.2) is 15.7 Å². The molecule has 0 saturated carbocycles. The van der Waals surface area contributed by atoms with Crippen LogP contribution in [0.5, 0.6) is 0 Å². The molecule has 132 valence electrons. The van der Waals surface area contributed by atoms with E-state index in [0.29, 0.717) is 16.4 Å². The van der Waals surface area contributed by atoms with Crippen molar-refractivity contribution in [3.8, 4) is 5.69 Å². The maximum atomic E-state index is 13.9. The summed E-state index contributed by atoms with van der Waals surface area (Å²) in [7, 11) is 0. The van der Waals surface area contributed by atoms with E-state index in [1.807, 2.05) is 0 Å². The zero-order valence-electron chi connectivity index (χ0n) is 14.1. The maximum absolute atomic E-state index is 13.9. The fourth-order valence-corrected chi connectivity index (χ4v) is 2.70. The summed E-state index contributed by atoms with van der Waals surface area (Å²) in [6.45, 7) is 3.45. The van der Waals surface area contributed by atoms with Crippen LogP contribution in [-0.2, 0) is 0 Å².